The minimum Gasteiger partial charge on any atom is -0.378 e. The largest absolute Gasteiger partial charge is 0.378 e. The van der Waals surface area contributed by atoms with E-state index >= 15 is 0 Å². The summed E-state index contributed by atoms with van der Waals surface area (Å²) in [5.74, 6) is 0.719. The predicted octanol–water partition coefficient (Wildman–Crippen LogP) is -1.40. The summed E-state index contributed by atoms with van der Waals surface area (Å²) in [5, 5.41) is 9.47. The van der Waals surface area contributed by atoms with Gasteiger partial charge in [0.2, 0.25) is 0 Å². The molecule has 0 spiro atoms. The Hall–Kier alpha value is -1.14. The van der Waals surface area contributed by atoms with Gasteiger partial charge in [0.05, 0.1) is 25.8 Å². The Kier molecular flexibility index (Phi) is 2.15. The number of nitrogens with one attached hydrogen (secondary N) is 2. The van der Waals surface area contributed by atoms with E-state index in [1.807, 2.05) is 0 Å². The van der Waals surface area contributed by atoms with Gasteiger partial charge in [-0.05, 0) is 0 Å². The van der Waals surface area contributed by atoms with E-state index in [2.05, 4.69) is 15.5 Å². The Morgan fingerprint density at radius 1 is 1.77 bits per heavy atom. The SMILES string of the molecule is Cn1c(CNC2COC2)n[nH]c1=O. The first-order valence-electron chi connectivity index (χ1n) is 4.19. The molecular formula is C7H12N4O2. The van der Waals surface area contributed by atoms with Gasteiger partial charge in [-0.3, -0.25) is 4.57 Å². The zero-order chi connectivity index (χ0) is 9.26. The lowest BCUT2D eigenvalue weighted by Gasteiger charge is -2.26. The van der Waals surface area contributed by atoms with Crippen molar-refractivity contribution in [2.24, 2.45) is 7.05 Å². The molecule has 2 rings (SSSR count). The van der Waals surface area contributed by atoms with Crippen molar-refractivity contribution in [1.82, 2.24) is 20.1 Å². The molecule has 0 unspecified atom stereocenters. The molecule has 1 saturated heterocycles. The van der Waals surface area contributed by atoms with Crippen LogP contribution in [-0.4, -0.2) is 34.0 Å². The van der Waals surface area contributed by atoms with Gasteiger partial charge >= 0.3 is 5.69 Å². The van der Waals surface area contributed by atoms with Gasteiger partial charge in [-0.2, -0.15) is 5.10 Å². The third-order valence-electron chi connectivity index (χ3n) is 2.16. The van der Waals surface area contributed by atoms with Crippen molar-refractivity contribution in [3.05, 3.63) is 16.3 Å². The fourth-order valence-electron chi connectivity index (χ4n) is 1.13. The molecule has 1 aliphatic rings. The molecule has 13 heavy (non-hydrogen) atoms. The lowest BCUT2D eigenvalue weighted by molar-refractivity contribution is -0.00614. The van der Waals surface area contributed by atoms with E-state index in [1.165, 1.54) is 4.57 Å². The van der Waals surface area contributed by atoms with Crippen molar-refractivity contribution in [2.75, 3.05) is 13.2 Å². The Balaban J connectivity index is 1.93. The van der Waals surface area contributed by atoms with Gasteiger partial charge in [0.25, 0.3) is 0 Å². The van der Waals surface area contributed by atoms with Crippen LogP contribution in [0.1, 0.15) is 5.82 Å². The van der Waals surface area contributed by atoms with Gasteiger partial charge in [-0.25, -0.2) is 9.89 Å². The Morgan fingerprint density at radius 2 is 2.54 bits per heavy atom. The standard InChI is InChI=1S/C7H12N4O2/c1-11-6(9-10-7(11)12)2-8-5-3-13-4-5/h5,8H,2-4H2,1H3,(H,10,12). The number of H-pyrrole nitrogens is 1. The van der Waals surface area contributed by atoms with E-state index in [1.54, 1.807) is 7.05 Å². The average Bonchev–Trinajstić information content (AvgIpc) is 2.33. The first-order valence-corrected chi connectivity index (χ1v) is 4.19. The van der Waals surface area contributed by atoms with Crippen molar-refractivity contribution in [3.8, 4) is 0 Å². The van der Waals surface area contributed by atoms with Crippen molar-refractivity contribution in [2.45, 2.75) is 12.6 Å². The minimum absolute atomic E-state index is 0.179. The van der Waals surface area contributed by atoms with Gasteiger partial charge in [0, 0.05) is 7.05 Å². The van der Waals surface area contributed by atoms with Crippen LogP contribution in [-0.2, 0) is 18.3 Å². The lowest BCUT2D eigenvalue weighted by Crippen LogP contribution is -2.45. The molecular weight excluding hydrogens is 172 g/mol. The lowest BCUT2D eigenvalue weighted by atomic mass is 10.2. The van der Waals surface area contributed by atoms with Crippen molar-refractivity contribution >= 4 is 0 Å². The molecule has 1 aromatic heterocycles. The molecule has 1 fully saturated rings. The number of aromatic nitrogens is 3. The summed E-state index contributed by atoms with van der Waals surface area (Å²) in [6, 6.07) is 0.409. The Morgan fingerprint density at radius 3 is 3.00 bits per heavy atom. The smallest absolute Gasteiger partial charge is 0.343 e. The van der Waals surface area contributed by atoms with Gasteiger partial charge in [0.15, 0.2) is 0 Å². The quantitative estimate of drug-likeness (QED) is 0.606. The second kappa shape index (κ2) is 3.31. The summed E-state index contributed by atoms with van der Waals surface area (Å²) in [6.07, 6.45) is 0. The summed E-state index contributed by atoms with van der Waals surface area (Å²) in [7, 11) is 1.69. The molecule has 0 saturated carbocycles. The highest BCUT2D eigenvalue weighted by Crippen LogP contribution is 2.00. The van der Waals surface area contributed by atoms with E-state index in [0.717, 1.165) is 19.0 Å². The second-order valence-corrected chi connectivity index (χ2v) is 3.12. The van der Waals surface area contributed by atoms with E-state index in [-0.39, 0.29) is 5.69 Å². The topological polar surface area (TPSA) is 71.9 Å². The van der Waals surface area contributed by atoms with Crippen molar-refractivity contribution < 1.29 is 4.74 Å². The highest BCUT2D eigenvalue weighted by atomic mass is 16.5. The molecule has 6 heteroatoms. The minimum atomic E-state index is -0.179. The molecule has 6 nitrogen and oxygen atoms in total. The maximum atomic E-state index is 11.0. The molecule has 1 aromatic rings. The third kappa shape index (κ3) is 1.63. The van der Waals surface area contributed by atoms with Crippen LogP contribution in [0, 0.1) is 0 Å². The summed E-state index contributed by atoms with van der Waals surface area (Å²) < 4.78 is 6.49. The van der Waals surface area contributed by atoms with Crippen LogP contribution in [0.3, 0.4) is 0 Å². The number of nitrogens with zero attached hydrogens (tertiary/aromatic N) is 2. The average molecular weight is 184 g/mol. The number of hydrogen-bond donors (Lipinski definition) is 2. The molecule has 0 atom stereocenters. The Labute approximate surface area is 74.9 Å². The van der Waals surface area contributed by atoms with Crippen LogP contribution in [0.25, 0.3) is 0 Å². The zero-order valence-electron chi connectivity index (χ0n) is 7.41. The third-order valence-corrected chi connectivity index (χ3v) is 2.16. The molecule has 72 valence electrons. The first-order chi connectivity index (χ1) is 6.27. The normalized spacial score (nSPS) is 17.3. The molecule has 0 bridgehead atoms. The summed E-state index contributed by atoms with van der Waals surface area (Å²) in [4.78, 5) is 11.0. The van der Waals surface area contributed by atoms with Crippen LogP contribution in [0.5, 0.6) is 0 Å². The fraction of sp³-hybridized carbons (Fsp3) is 0.714. The van der Waals surface area contributed by atoms with Crippen molar-refractivity contribution in [3.63, 3.8) is 0 Å². The fourth-order valence-corrected chi connectivity index (χ4v) is 1.13. The number of rotatable bonds is 3. The predicted molar refractivity (Wildman–Crippen MR) is 45.3 cm³/mol. The Bertz CT molecular complexity index is 339. The van der Waals surface area contributed by atoms with Gasteiger partial charge in [-0.1, -0.05) is 0 Å². The van der Waals surface area contributed by atoms with E-state index in [0.29, 0.717) is 12.6 Å². The van der Waals surface area contributed by atoms with Crippen LogP contribution >= 0.6 is 0 Å². The maximum Gasteiger partial charge on any atom is 0.343 e. The molecule has 1 aliphatic heterocycles. The number of hydrogen-bond acceptors (Lipinski definition) is 4. The maximum absolute atomic E-state index is 11.0. The van der Waals surface area contributed by atoms with Gasteiger partial charge in [-0.15, -0.1) is 0 Å². The summed E-state index contributed by atoms with van der Waals surface area (Å²) in [5.41, 5.74) is -0.179. The highest BCUT2D eigenvalue weighted by molar-refractivity contribution is 4.86. The van der Waals surface area contributed by atoms with E-state index in [9.17, 15) is 4.79 Å². The molecule has 2 heterocycles. The van der Waals surface area contributed by atoms with E-state index in [4.69, 9.17) is 4.74 Å². The van der Waals surface area contributed by atoms with Crippen LogP contribution in [0.15, 0.2) is 4.79 Å². The van der Waals surface area contributed by atoms with E-state index < -0.39 is 0 Å². The summed E-state index contributed by atoms with van der Waals surface area (Å²) in [6.45, 7) is 2.10. The molecule has 0 aliphatic carbocycles. The molecule has 2 N–H and O–H groups in total. The molecule has 0 aromatic carbocycles. The van der Waals surface area contributed by atoms with Gasteiger partial charge < -0.3 is 10.1 Å². The zero-order valence-corrected chi connectivity index (χ0v) is 7.41. The molecule has 0 radical (unpaired) electrons. The monoisotopic (exact) mass is 184 g/mol. The number of aromatic amines is 1. The first kappa shape index (κ1) is 8.46. The van der Waals surface area contributed by atoms with Crippen molar-refractivity contribution in [1.29, 1.82) is 0 Å². The second-order valence-electron chi connectivity index (χ2n) is 3.12. The number of ether oxygens (including phenoxy) is 1. The van der Waals surface area contributed by atoms with Gasteiger partial charge in [0.1, 0.15) is 5.82 Å². The summed E-state index contributed by atoms with van der Waals surface area (Å²) >= 11 is 0. The molecule has 0 amide bonds. The van der Waals surface area contributed by atoms with Crippen LogP contribution < -0.4 is 11.0 Å². The van der Waals surface area contributed by atoms with Crippen LogP contribution in [0.2, 0.25) is 0 Å². The highest BCUT2D eigenvalue weighted by Gasteiger charge is 2.17. The van der Waals surface area contributed by atoms with Crippen LogP contribution in [0.4, 0.5) is 0 Å².